The molecule has 1 saturated heterocycles. The Labute approximate surface area is 116 Å². The predicted molar refractivity (Wildman–Crippen MR) is 80.4 cm³/mol. The van der Waals surface area contributed by atoms with Crippen LogP contribution in [0.15, 0.2) is 24.3 Å². The number of benzene rings is 1. The first-order valence-electron chi connectivity index (χ1n) is 7.65. The van der Waals surface area contributed by atoms with Crippen molar-refractivity contribution in [3.63, 3.8) is 0 Å². The molecule has 0 radical (unpaired) electrons. The number of hydrogen-bond donors (Lipinski definition) is 1. The van der Waals surface area contributed by atoms with Crippen LogP contribution in [-0.2, 0) is 6.54 Å². The first kappa shape index (κ1) is 12.9. The highest BCUT2D eigenvalue weighted by Gasteiger charge is 2.25. The molecular formula is C16H25N3. The predicted octanol–water partition coefficient (Wildman–Crippen LogP) is 2.21. The van der Waals surface area contributed by atoms with Gasteiger partial charge in [0, 0.05) is 44.5 Å². The second kappa shape index (κ2) is 5.93. The van der Waals surface area contributed by atoms with E-state index in [1.165, 1.54) is 63.1 Å². The zero-order valence-electron chi connectivity index (χ0n) is 11.7. The molecule has 1 aliphatic carbocycles. The Bertz CT molecular complexity index is 387. The molecule has 1 heterocycles. The Morgan fingerprint density at radius 1 is 0.947 bits per heavy atom. The van der Waals surface area contributed by atoms with Gasteiger partial charge in [-0.25, -0.2) is 0 Å². The van der Waals surface area contributed by atoms with Gasteiger partial charge in [-0.15, -0.1) is 0 Å². The summed E-state index contributed by atoms with van der Waals surface area (Å²) in [7, 11) is 0. The second-order valence-electron chi connectivity index (χ2n) is 5.83. The van der Waals surface area contributed by atoms with E-state index in [1.54, 1.807) is 0 Å². The van der Waals surface area contributed by atoms with E-state index in [-0.39, 0.29) is 0 Å². The molecule has 3 heteroatoms. The van der Waals surface area contributed by atoms with E-state index in [0.717, 1.165) is 6.04 Å². The average molecular weight is 259 g/mol. The van der Waals surface area contributed by atoms with Crippen LogP contribution in [0.2, 0.25) is 0 Å². The lowest BCUT2D eigenvalue weighted by atomic mass is 10.1. The Morgan fingerprint density at radius 3 is 2.16 bits per heavy atom. The van der Waals surface area contributed by atoms with Gasteiger partial charge in [0.05, 0.1) is 0 Å². The molecule has 0 atom stereocenters. The minimum atomic E-state index is 0.635. The van der Waals surface area contributed by atoms with Crippen LogP contribution in [0.4, 0.5) is 5.69 Å². The van der Waals surface area contributed by atoms with E-state index < -0.39 is 0 Å². The summed E-state index contributed by atoms with van der Waals surface area (Å²) in [6, 6.07) is 9.61. The fraction of sp³-hybridized carbons (Fsp3) is 0.625. The van der Waals surface area contributed by atoms with Crippen molar-refractivity contribution in [1.82, 2.24) is 4.90 Å². The summed E-state index contributed by atoms with van der Waals surface area (Å²) >= 11 is 0. The van der Waals surface area contributed by atoms with Crippen molar-refractivity contribution >= 4 is 5.69 Å². The third-order valence-corrected chi connectivity index (χ3v) is 4.69. The number of hydrogen-bond acceptors (Lipinski definition) is 3. The third-order valence-electron chi connectivity index (χ3n) is 4.69. The Balaban J connectivity index is 1.56. The minimum absolute atomic E-state index is 0.635. The molecule has 1 aliphatic heterocycles. The summed E-state index contributed by atoms with van der Waals surface area (Å²) in [6.07, 6.45) is 5.72. The maximum Gasteiger partial charge on any atom is 0.0367 e. The second-order valence-corrected chi connectivity index (χ2v) is 5.83. The summed E-state index contributed by atoms with van der Waals surface area (Å²) in [6.45, 7) is 5.42. The zero-order chi connectivity index (χ0) is 13.1. The number of piperazine rings is 1. The van der Waals surface area contributed by atoms with Gasteiger partial charge < -0.3 is 10.6 Å². The fourth-order valence-electron chi connectivity index (χ4n) is 3.46. The van der Waals surface area contributed by atoms with Gasteiger partial charge in [-0.2, -0.15) is 0 Å². The van der Waals surface area contributed by atoms with E-state index in [0.29, 0.717) is 6.54 Å². The minimum Gasteiger partial charge on any atom is -0.369 e. The van der Waals surface area contributed by atoms with Crippen molar-refractivity contribution in [2.75, 3.05) is 31.1 Å². The van der Waals surface area contributed by atoms with E-state index in [4.69, 9.17) is 5.73 Å². The molecule has 2 aliphatic rings. The maximum absolute atomic E-state index is 5.65. The molecule has 1 saturated carbocycles. The van der Waals surface area contributed by atoms with Crippen LogP contribution < -0.4 is 10.6 Å². The summed E-state index contributed by atoms with van der Waals surface area (Å²) in [5.74, 6) is 0. The topological polar surface area (TPSA) is 32.5 Å². The van der Waals surface area contributed by atoms with Crippen LogP contribution in [0.25, 0.3) is 0 Å². The van der Waals surface area contributed by atoms with Crippen molar-refractivity contribution < 1.29 is 0 Å². The molecule has 0 spiro atoms. The van der Waals surface area contributed by atoms with Crippen LogP contribution in [0.1, 0.15) is 31.2 Å². The summed E-state index contributed by atoms with van der Waals surface area (Å²) < 4.78 is 0. The molecule has 0 aromatic heterocycles. The zero-order valence-corrected chi connectivity index (χ0v) is 11.7. The summed E-state index contributed by atoms with van der Waals surface area (Å²) in [5, 5.41) is 0. The SMILES string of the molecule is NCc1ccc(N2CCN(C3CCCC3)CC2)cc1. The molecule has 0 bridgehead atoms. The lowest BCUT2D eigenvalue weighted by Crippen LogP contribution is -2.49. The van der Waals surface area contributed by atoms with Crippen molar-refractivity contribution in [3.8, 4) is 0 Å². The molecule has 3 nitrogen and oxygen atoms in total. The quantitative estimate of drug-likeness (QED) is 0.903. The summed E-state index contributed by atoms with van der Waals surface area (Å²) in [5.41, 5.74) is 8.21. The van der Waals surface area contributed by atoms with Crippen molar-refractivity contribution in [1.29, 1.82) is 0 Å². The lowest BCUT2D eigenvalue weighted by molar-refractivity contribution is 0.187. The third kappa shape index (κ3) is 2.93. The molecule has 19 heavy (non-hydrogen) atoms. The van der Waals surface area contributed by atoms with E-state index in [2.05, 4.69) is 34.1 Å². The van der Waals surface area contributed by atoms with Crippen LogP contribution >= 0.6 is 0 Å². The van der Waals surface area contributed by atoms with E-state index in [1.807, 2.05) is 0 Å². The molecule has 0 amide bonds. The standard InChI is InChI=1S/C16H25N3/c17-13-14-5-7-16(8-6-14)19-11-9-18(10-12-19)15-3-1-2-4-15/h5-8,15H,1-4,9-13,17H2. The van der Waals surface area contributed by atoms with Crippen molar-refractivity contribution in [3.05, 3.63) is 29.8 Å². The van der Waals surface area contributed by atoms with Gasteiger partial charge in [-0.05, 0) is 30.5 Å². The van der Waals surface area contributed by atoms with Crippen molar-refractivity contribution in [2.24, 2.45) is 5.73 Å². The van der Waals surface area contributed by atoms with Gasteiger partial charge in [0.1, 0.15) is 0 Å². The fourth-order valence-corrected chi connectivity index (χ4v) is 3.46. The smallest absolute Gasteiger partial charge is 0.0367 e. The molecule has 3 rings (SSSR count). The van der Waals surface area contributed by atoms with Gasteiger partial charge in [-0.1, -0.05) is 25.0 Å². The highest BCUT2D eigenvalue weighted by atomic mass is 15.3. The van der Waals surface area contributed by atoms with Crippen molar-refractivity contribution in [2.45, 2.75) is 38.3 Å². The highest BCUT2D eigenvalue weighted by molar-refractivity contribution is 5.48. The van der Waals surface area contributed by atoms with Crippen LogP contribution in [0.5, 0.6) is 0 Å². The molecule has 0 unspecified atom stereocenters. The largest absolute Gasteiger partial charge is 0.369 e. The number of anilines is 1. The Kier molecular flexibility index (Phi) is 4.04. The Morgan fingerprint density at radius 2 is 1.58 bits per heavy atom. The van der Waals surface area contributed by atoms with Gasteiger partial charge in [-0.3, -0.25) is 4.90 Å². The van der Waals surface area contributed by atoms with E-state index in [9.17, 15) is 0 Å². The van der Waals surface area contributed by atoms with Gasteiger partial charge in [0.15, 0.2) is 0 Å². The monoisotopic (exact) mass is 259 g/mol. The Hall–Kier alpha value is -1.06. The molecule has 1 aromatic carbocycles. The lowest BCUT2D eigenvalue weighted by Gasteiger charge is -2.39. The maximum atomic E-state index is 5.65. The highest BCUT2D eigenvalue weighted by Crippen LogP contribution is 2.25. The van der Waals surface area contributed by atoms with Gasteiger partial charge in [0.25, 0.3) is 0 Å². The average Bonchev–Trinajstić information content (AvgIpc) is 3.02. The van der Waals surface area contributed by atoms with E-state index >= 15 is 0 Å². The van der Waals surface area contributed by atoms with Crippen LogP contribution in [-0.4, -0.2) is 37.1 Å². The van der Waals surface area contributed by atoms with Gasteiger partial charge >= 0.3 is 0 Å². The van der Waals surface area contributed by atoms with Crippen LogP contribution in [0.3, 0.4) is 0 Å². The molecular weight excluding hydrogens is 234 g/mol. The van der Waals surface area contributed by atoms with Crippen LogP contribution in [0, 0.1) is 0 Å². The van der Waals surface area contributed by atoms with Gasteiger partial charge in [0.2, 0.25) is 0 Å². The molecule has 104 valence electrons. The molecule has 2 N–H and O–H groups in total. The molecule has 2 fully saturated rings. The normalized spacial score (nSPS) is 22.1. The molecule has 1 aromatic rings. The number of nitrogens with zero attached hydrogens (tertiary/aromatic N) is 2. The number of nitrogens with two attached hydrogens (primary N) is 1. The number of rotatable bonds is 3. The first-order chi connectivity index (χ1) is 9.36. The summed E-state index contributed by atoms with van der Waals surface area (Å²) in [4.78, 5) is 5.21. The first-order valence-corrected chi connectivity index (χ1v) is 7.65.